The summed E-state index contributed by atoms with van der Waals surface area (Å²) >= 11 is 1.62. The Morgan fingerprint density at radius 3 is 2.70 bits per heavy atom. The van der Waals surface area contributed by atoms with E-state index in [1.54, 1.807) is 23.7 Å². The van der Waals surface area contributed by atoms with E-state index in [4.69, 9.17) is 0 Å². The molecule has 0 atom stereocenters. The molecule has 0 bridgehead atoms. The Morgan fingerprint density at radius 2 is 1.91 bits per heavy atom. The van der Waals surface area contributed by atoms with Crippen LogP contribution in [-0.2, 0) is 6.42 Å². The third-order valence-corrected chi connectivity index (χ3v) is 4.34. The molecule has 0 saturated heterocycles. The summed E-state index contributed by atoms with van der Waals surface area (Å²) in [6.07, 6.45) is 6.29. The number of pyridine rings is 1. The molecule has 0 amide bonds. The van der Waals surface area contributed by atoms with Crippen molar-refractivity contribution in [2.45, 2.75) is 13.3 Å². The molecule has 116 valence electrons. The van der Waals surface area contributed by atoms with Gasteiger partial charge in [0, 0.05) is 24.3 Å². The van der Waals surface area contributed by atoms with E-state index in [-0.39, 0.29) is 0 Å². The maximum atomic E-state index is 4.69. The normalized spacial score (nSPS) is 12.1. The molecule has 4 nitrogen and oxygen atoms in total. The molecule has 5 heteroatoms. The van der Waals surface area contributed by atoms with Gasteiger partial charge in [0.15, 0.2) is 0 Å². The van der Waals surface area contributed by atoms with Crippen molar-refractivity contribution >= 4 is 17.6 Å². The summed E-state index contributed by atoms with van der Waals surface area (Å²) < 4.78 is 1.89. The Kier molecular flexibility index (Phi) is 5.11. The second kappa shape index (κ2) is 7.65. The summed E-state index contributed by atoms with van der Waals surface area (Å²) in [5.74, 6) is 0. The first kappa shape index (κ1) is 15.4. The van der Waals surface area contributed by atoms with E-state index >= 15 is 0 Å². The lowest BCUT2D eigenvalue weighted by Crippen LogP contribution is -2.13. The van der Waals surface area contributed by atoms with Crippen LogP contribution in [0.3, 0.4) is 0 Å². The van der Waals surface area contributed by atoms with E-state index in [0.29, 0.717) is 0 Å². The fourth-order valence-corrected chi connectivity index (χ4v) is 2.97. The van der Waals surface area contributed by atoms with Crippen LogP contribution in [0.5, 0.6) is 0 Å². The van der Waals surface area contributed by atoms with Gasteiger partial charge in [0.1, 0.15) is 0 Å². The number of aromatic nitrogens is 2. The molecule has 0 fully saturated rings. The average molecular weight is 322 g/mol. The molecular weight excluding hydrogens is 304 g/mol. The van der Waals surface area contributed by atoms with Crippen LogP contribution in [0.4, 0.5) is 0 Å². The van der Waals surface area contributed by atoms with E-state index in [9.17, 15) is 0 Å². The first-order chi connectivity index (χ1) is 11.3. The molecular formula is C18H18N4S. The standard InChI is InChI=1S/C18H18N4S/c1-15-14-23-18(20-12-9-16-5-3-2-4-6-16)22(15)21-13-17-7-10-19-11-8-17/h2-8,10-11,13-14H,9,12H2,1H3. The lowest BCUT2D eigenvalue weighted by molar-refractivity contribution is 0.783. The van der Waals surface area contributed by atoms with Crippen LogP contribution in [0.1, 0.15) is 16.8 Å². The van der Waals surface area contributed by atoms with E-state index in [1.807, 2.05) is 36.0 Å². The largest absolute Gasteiger partial charge is 0.265 e. The molecule has 0 spiro atoms. The van der Waals surface area contributed by atoms with Gasteiger partial charge in [-0.1, -0.05) is 30.3 Å². The van der Waals surface area contributed by atoms with Gasteiger partial charge in [-0.25, -0.2) is 4.68 Å². The third kappa shape index (κ3) is 4.23. The molecule has 0 unspecified atom stereocenters. The number of aryl methyl sites for hydroxylation is 1. The van der Waals surface area contributed by atoms with Gasteiger partial charge < -0.3 is 0 Å². The minimum Gasteiger partial charge on any atom is -0.265 e. The van der Waals surface area contributed by atoms with Crippen molar-refractivity contribution in [2.24, 2.45) is 10.1 Å². The third-order valence-electron chi connectivity index (χ3n) is 3.37. The topological polar surface area (TPSA) is 42.5 Å². The predicted octanol–water partition coefficient (Wildman–Crippen LogP) is 3.28. The Bertz CT molecular complexity index is 832. The number of rotatable bonds is 5. The second-order valence-corrected chi connectivity index (χ2v) is 5.95. The van der Waals surface area contributed by atoms with Crippen LogP contribution in [0.2, 0.25) is 0 Å². The summed E-state index contributed by atoms with van der Waals surface area (Å²) in [4.78, 5) is 9.62. The Hall–Kier alpha value is -2.53. The molecule has 0 saturated carbocycles. The quantitative estimate of drug-likeness (QED) is 0.665. The molecule has 23 heavy (non-hydrogen) atoms. The fraction of sp³-hybridized carbons (Fsp3) is 0.167. The Morgan fingerprint density at radius 1 is 1.13 bits per heavy atom. The van der Waals surface area contributed by atoms with Gasteiger partial charge in [-0.05, 0) is 36.6 Å². The monoisotopic (exact) mass is 322 g/mol. The molecule has 0 N–H and O–H groups in total. The lowest BCUT2D eigenvalue weighted by atomic mass is 10.2. The lowest BCUT2D eigenvalue weighted by Gasteiger charge is -1.99. The second-order valence-electron chi connectivity index (χ2n) is 5.11. The summed E-state index contributed by atoms with van der Waals surface area (Å²) in [6.45, 7) is 2.80. The summed E-state index contributed by atoms with van der Waals surface area (Å²) in [5.41, 5.74) is 3.41. The highest BCUT2D eigenvalue weighted by Crippen LogP contribution is 2.02. The summed E-state index contributed by atoms with van der Waals surface area (Å²) in [6, 6.07) is 14.3. The van der Waals surface area contributed by atoms with E-state index in [1.165, 1.54) is 5.56 Å². The number of nitrogens with zero attached hydrogens (tertiary/aromatic N) is 4. The molecule has 3 rings (SSSR count). The van der Waals surface area contributed by atoms with E-state index in [2.05, 4.69) is 44.7 Å². The average Bonchev–Trinajstić information content (AvgIpc) is 2.95. The fourth-order valence-electron chi connectivity index (χ4n) is 2.13. The van der Waals surface area contributed by atoms with E-state index in [0.717, 1.165) is 29.0 Å². The molecule has 0 aliphatic carbocycles. The first-order valence-electron chi connectivity index (χ1n) is 7.49. The zero-order valence-electron chi connectivity index (χ0n) is 13.0. The van der Waals surface area contributed by atoms with Gasteiger partial charge in [-0.2, -0.15) is 5.10 Å². The molecule has 3 aromatic rings. The predicted molar refractivity (Wildman–Crippen MR) is 94.9 cm³/mol. The molecule has 0 radical (unpaired) electrons. The highest BCUT2D eigenvalue weighted by Gasteiger charge is 1.99. The van der Waals surface area contributed by atoms with Crippen molar-refractivity contribution in [3.8, 4) is 0 Å². The van der Waals surface area contributed by atoms with Crippen LogP contribution in [-0.4, -0.2) is 22.4 Å². The van der Waals surface area contributed by atoms with Crippen LogP contribution in [0.25, 0.3) is 0 Å². The van der Waals surface area contributed by atoms with E-state index < -0.39 is 0 Å². The van der Waals surface area contributed by atoms with Gasteiger partial charge in [-0.15, -0.1) is 11.3 Å². The van der Waals surface area contributed by atoms with Crippen LogP contribution >= 0.6 is 11.3 Å². The van der Waals surface area contributed by atoms with Crippen LogP contribution in [0.15, 0.2) is 70.3 Å². The van der Waals surface area contributed by atoms with Crippen molar-refractivity contribution in [2.75, 3.05) is 6.54 Å². The number of benzene rings is 1. The van der Waals surface area contributed by atoms with Crippen molar-refractivity contribution in [3.63, 3.8) is 0 Å². The molecule has 0 aliphatic rings. The summed E-state index contributed by atoms with van der Waals surface area (Å²) in [5, 5.41) is 6.62. The SMILES string of the molecule is Cc1csc(=NCCc2ccccc2)n1N=Cc1ccncc1. The molecule has 0 aliphatic heterocycles. The van der Waals surface area contributed by atoms with Gasteiger partial charge in [-0.3, -0.25) is 9.98 Å². The maximum Gasteiger partial charge on any atom is 0.205 e. The van der Waals surface area contributed by atoms with Crippen molar-refractivity contribution in [1.82, 2.24) is 9.66 Å². The van der Waals surface area contributed by atoms with Gasteiger partial charge >= 0.3 is 0 Å². The highest BCUT2D eigenvalue weighted by molar-refractivity contribution is 7.07. The van der Waals surface area contributed by atoms with Crippen LogP contribution < -0.4 is 4.80 Å². The van der Waals surface area contributed by atoms with Gasteiger partial charge in [0.25, 0.3) is 0 Å². The zero-order chi connectivity index (χ0) is 15.9. The minimum atomic E-state index is 0.759. The zero-order valence-corrected chi connectivity index (χ0v) is 13.8. The van der Waals surface area contributed by atoms with Crippen molar-refractivity contribution in [1.29, 1.82) is 0 Å². The minimum absolute atomic E-state index is 0.759. The molecule has 2 aromatic heterocycles. The van der Waals surface area contributed by atoms with Gasteiger partial charge in [0.2, 0.25) is 4.80 Å². The number of hydrogen-bond acceptors (Lipinski definition) is 4. The first-order valence-corrected chi connectivity index (χ1v) is 8.37. The van der Waals surface area contributed by atoms with Crippen LogP contribution in [0, 0.1) is 6.92 Å². The Labute approximate surface area is 139 Å². The number of hydrogen-bond donors (Lipinski definition) is 0. The molecule has 2 heterocycles. The Balaban J connectivity index is 1.76. The van der Waals surface area contributed by atoms with Crippen molar-refractivity contribution < 1.29 is 0 Å². The maximum absolute atomic E-state index is 4.69. The van der Waals surface area contributed by atoms with Gasteiger partial charge in [0.05, 0.1) is 11.9 Å². The smallest absolute Gasteiger partial charge is 0.205 e. The summed E-state index contributed by atoms with van der Waals surface area (Å²) in [7, 11) is 0. The highest BCUT2D eigenvalue weighted by atomic mass is 32.1. The molecule has 1 aromatic carbocycles. The van der Waals surface area contributed by atoms with Crippen molar-refractivity contribution in [3.05, 3.63) is 81.9 Å². The number of thiazole rings is 1.